The van der Waals surface area contributed by atoms with Crippen LogP contribution in [0.4, 0.5) is 4.79 Å². The molecule has 1 amide bonds. The summed E-state index contributed by atoms with van der Waals surface area (Å²) in [7, 11) is 0. The number of amides is 1. The first kappa shape index (κ1) is 15.6. The van der Waals surface area contributed by atoms with E-state index < -0.39 is 5.60 Å². The van der Waals surface area contributed by atoms with Gasteiger partial charge >= 0.3 is 6.09 Å². The van der Waals surface area contributed by atoms with Gasteiger partial charge in [-0.25, -0.2) is 4.79 Å². The monoisotopic (exact) mass is 388 g/mol. The fourth-order valence-corrected chi connectivity index (χ4v) is 2.97. The summed E-state index contributed by atoms with van der Waals surface area (Å²) in [6.07, 6.45) is -0.227. The van der Waals surface area contributed by atoms with Gasteiger partial charge in [-0.3, -0.25) is 0 Å². The summed E-state index contributed by atoms with van der Waals surface area (Å²) < 4.78 is 6.67. The molecule has 0 aromatic heterocycles. The molecule has 1 aromatic carbocycles. The van der Waals surface area contributed by atoms with E-state index in [1.165, 1.54) is 9.13 Å². The molecule has 4 nitrogen and oxygen atoms in total. The normalized spacial score (nSPS) is 19.8. The third-order valence-electron chi connectivity index (χ3n) is 3.11. The van der Waals surface area contributed by atoms with Crippen molar-refractivity contribution in [1.29, 1.82) is 0 Å². The Bertz CT molecular complexity index is 485. The lowest BCUT2D eigenvalue weighted by atomic mass is 10.0. The van der Waals surface area contributed by atoms with Crippen LogP contribution in [0.2, 0.25) is 0 Å². The Morgan fingerprint density at radius 1 is 1.40 bits per heavy atom. The smallest absolute Gasteiger partial charge is 0.410 e. The Hall–Kier alpha value is -0.820. The number of halogens is 1. The average molecular weight is 388 g/mol. The molecule has 0 saturated carbocycles. The van der Waals surface area contributed by atoms with Crippen LogP contribution >= 0.6 is 22.6 Å². The lowest BCUT2D eigenvalue weighted by molar-refractivity contribution is 0.0195. The SMILES string of the molecule is CC(C)(C)OC(=O)N1CCNC(c2ccccc2I)C1. The molecule has 1 fully saturated rings. The second-order valence-corrected chi connectivity index (χ2v) is 7.12. The standard InChI is InChI=1S/C15H21IN2O2/c1-15(2,3)20-14(19)18-9-8-17-13(10-18)11-6-4-5-7-12(11)16/h4-7,13,17H,8-10H2,1-3H3. The van der Waals surface area contributed by atoms with Crippen molar-refractivity contribution in [3.8, 4) is 0 Å². The highest BCUT2D eigenvalue weighted by molar-refractivity contribution is 14.1. The number of rotatable bonds is 1. The maximum atomic E-state index is 12.1. The zero-order chi connectivity index (χ0) is 14.8. The van der Waals surface area contributed by atoms with Crippen LogP contribution in [0, 0.1) is 3.57 Å². The quantitative estimate of drug-likeness (QED) is 0.752. The van der Waals surface area contributed by atoms with E-state index in [1.807, 2.05) is 32.9 Å². The van der Waals surface area contributed by atoms with Gasteiger partial charge in [-0.15, -0.1) is 0 Å². The molecule has 0 spiro atoms. The lowest BCUT2D eigenvalue weighted by Gasteiger charge is -2.35. The Morgan fingerprint density at radius 3 is 2.75 bits per heavy atom. The second-order valence-electron chi connectivity index (χ2n) is 5.95. The van der Waals surface area contributed by atoms with E-state index in [9.17, 15) is 4.79 Å². The van der Waals surface area contributed by atoms with Crippen LogP contribution in [0.15, 0.2) is 24.3 Å². The molecule has 0 bridgehead atoms. The number of benzene rings is 1. The number of hydrogen-bond donors (Lipinski definition) is 1. The van der Waals surface area contributed by atoms with Gasteiger partial charge in [-0.05, 0) is 55.0 Å². The number of nitrogens with one attached hydrogen (secondary N) is 1. The average Bonchev–Trinajstić information content (AvgIpc) is 2.37. The molecule has 1 aromatic rings. The minimum absolute atomic E-state index is 0.171. The van der Waals surface area contributed by atoms with Gasteiger partial charge in [0.15, 0.2) is 0 Å². The van der Waals surface area contributed by atoms with Crippen molar-refractivity contribution in [2.24, 2.45) is 0 Å². The second kappa shape index (κ2) is 6.30. The van der Waals surface area contributed by atoms with Crippen molar-refractivity contribution >= 4 is 28.7 Å². The highest BCUT2D eigenvalue weighted by Crippen LogP contribution is 2.23. The summed E-state index contributed by atoms with van der Waals surface area (Å²) in [6.45, 7) is 7.80. The van der Waals surface area contributed by atoms with Crippen molar-refractivity contribution in [3.63, 3.8) is 0 Å². The minimum Gasteiger partial charge on any atom is -0.444 e. The molecule has 1 aliphatic heterocycles. The van der Waals surface area contributed by atoms with E-state index in [0.29, 0.717) is 13.1 Å². The van der Waals surface area contributed by atoms with E-state index in [2.05, 4.69) is 40.0 Å². The maximum Gasteiger partial charge on any atom is 0.410 e. The first-order chi connectivity index (χ1) is 9.37. The van der Waals surface area contributed by atoms with Crippen LogP contribution in [0.1, 0.15) is 32.4 Å². The van der Waals surface area contributed by atoms with Crippen LogP contribution in [-0.4, -0.2) is 36.2 Å². The molecule has 1 saturated heterocycles. The largest absolute Gasteiger partial charge is 0.444 e. The van der Waals surface area contributed by atoms with Crippen LogP contribution in [0.25, 0.3) is 0 Å². The van der Waals surface area contributed by atoms with E-state index in [1.54, 1.807) is 4.90 Å². The summed E-state index contributed by atoms with van der Waals surface area (Å²) in [4.78, 5) is 13.9. The lowest BCUT2D eigenvalue weighted by Crippen LogP contribution is -2.49. The summed E-state index contributed by atoms with van der Waals surface area (Å²) in [5.74, 6) is 0. The van der Waals surface area contributed by atoms with Gasteiger partial charge in [0.1, 0.15) is 5.60 Å². The van der Waals surface area contributed by atoms with Crippen LogP contribution in [0.3, 0.4) is 0 Å². The molecule has 1 unspecified atom stereocenters. The van der Waals surface area contributed by atoms with Crippen molar-refractivity contribution < 1.29 is 9.53 Å². The van der Waals surface area contributed by atoms with E-state index in [-0.39, 0.29) is 12.1 Å². The molecular weight excluding hydrogens is 367 g/mol. The summed E-state index contributed by atoms with van der Waals surface area (Å²) in [5, 5.41) is 3.47. The van der Waals surface area contributed by atoms with Crippen LogP contribution in [-0.2, 0) is 4.74 Å². The minimum atomic E-state index is -0.446. The van der Waals surface area contributed by atoms with E-state index in [0.717, 1.165) is 6.54 Å². The maximum absolute atomic E-state index is 12.1. The molecule has 0 radical (unpaired) electrons. The highest BCUT2D eigenvalue weighted by Gasteiger charge is 2.28. The Kier molecular flexibility index (Phi) is 4.90. The summed E-state index contributed by atoms with van der Waals surface area (Å²) in [6, 6.07) is 8.43. The van der Waals surface area contributed by atoms with E-state index in [4.69, 9.17) is 4.74 Å². The summed E-state index contributed by atoms with van der Waals surface area (Å²) in [5.41, 5.74) is 0.792. The predicted octanol–water partition coefficient (Wildman–Crippen LogP) is 3.17. The molecule has 110 valence electrons. The first-order valence-corrected chi connectivity index (χ1v) is 7.90. The van der Waals surface area contributed by atoms with Crippen molar-refractivity contribution in [2.75, 3.05) is 19.6 Å². The van der Waals surface area contributed by atoms with Gasteiger partial charge in [0.05, 0.1) is 6.04 Å². The van der Waals surface area contributed by atoms with Gasteiger partial charge in [-0.2, -0.15) is 0 Å². The Balaban J connectivity index is 2.06. The van der Waals surface area contributed by atoms with Gasteiger partial charge in [-0.1, -0.05) is 18.2 Å². The molecule has 1 atom stereocenters. The number of carbonyl (C=O) groups is 1. The molecule has 2 rings (SSSR count). The van der Waals surface area contributed by atoms with Crippen LogP contribution in [0.5, 0.6) is 0 Å². The highest BCUT2D eigenvalue weighted by atomic mass is 127. The zero-order valence-corrected chi connectivity index (χ0v) is 14.3. The molecule has 1 heterocycles. The van der Waals surface area contributed by atoms with Gasteiger partial charge < -0.3 is 15.0 Å². The predicted molar refractivity (Wildman–Crippen MR) is 87.7 cm³/mol. The topological polar surface area (TPSA) is 41.6 Å². The van der Waals surface area contributed by atoms with E-state index >= 15 is 0 Å². The van der Waals surface area contributed by atoms with Gasteiger partial charge in [0.2, 0.25) is 0 Å². The fraction of sp³-hybridized carbons (Fsp3) is 0.533. The van der Waals surface area contributed by atoms with Crippen molar-refractivity contribution in [2.45, 2.75) is 32.4 Å². The zero-order valence-electron chi connectivity index (χ0n) is 12.1. The number of piperazine rings is 1. The van der Waals surface area contributed by atoms with Crippen molar-refractivity contribution in [3.05, 3.63) is 33.4 Å². The number of ether oxygens (including phenoxy) is 1. The molecule has 0 aliphatic carbocycles. The molecule has 1 N–H and O–H groups in total. The molecular formula is C15H21IN2O2. The number of nitrogens with zero attached hydrogens (tertiary/aromatic N) is 1. The van der Waals surface area contributed by atoms with Crippen LogP contribution < -0.4 is 5.32 Å². The first-order valence-electron chi connectivity index (χ1n) is 6.82. The summed E-state index contributed by atoms with van der Waals surface area (Å²) >= 11 is 2.33. The molecule has 1 aliphatic rings. The third kappa shape index (κ3) is 4.09. The Morgan fingerprint density at radius 2 is 2.10 bits per heavy atom. The van der Waals surface area contributed by atoms with Gasteiger partial charge in [0.25, 0.3) is 0 Å². The number of carbonyl (C=O) groups excluding carboxylic acids is 1. The van der Waals surface area contributed by atoms with Gasteiger partial charge in [0, 0.05) is 23.2 Å². The third-order valence-corrected chi connectivity index (χ3v) is 4.09. The fourth-order valence-electron chi connectivity index (χ4n) is 2.21. The Labute approximate surface area is 134 Å². The number of hydrogen-bond acceptors (Lipinski definition) is 3. The molecule has 20 heavy (non-hydrogen) atoms. The molecule has 5 heteroatoms. The van der Waals surface area contributed by atoms with Crippen molar-refractivity contribution in [1.82, 2.24) is 10.2 Å².